The summed E-state index contributed by atoms with van der Waals surface area (Å²) in [6, 6.07) is -0.766. The highest BCUT2D eigenvalue weighted by Gasteiger charge is 2.45. The molecule has 1 amide bonds. The monoisotopic (exact) mass is 298 g/mol. The molecular formula is C14H22N2O5. The zero-order valence-corrected chi connectivity index (χ0v) is 12.9. The van der Waals surface area contributed by atoms with E-state index >= 15 is 0 Å². The van der Waals surface area contributed by atoms with Crippen LogP contribution in [0.2, 0.25) is 0 Å². The molecule has 7 heteroatoms. The number of nitrogens with zero attached hydrogens (tertiary/aromatic N) is 2. The standard InChI is InChI=1S/C14H22N2O5/c1-14(2,3)21-13(19)16-6-9-5-10(17)7-15(9)8-11(16)12(18)20-4/h9,11H,5-8H2,1-4H3/t9-,11+/m1/s1. The molecule has 2 aliphatic rings. The Balaban J connectivity index is 2.17. The van der Waals surface area contributed by atoms with Gasteiger partial charge in [0, 0.05) is 25.6 Å². The van der Waals surface area contributed by atoms with Crippen LogP contribution >= 0.6 is 0 Å². The summed E-state index contributed by atoms with van der Waals surface area (Å²) < 4.78 is 10.1. The fourth-order valence-electron chi connectivity index (χ4n) is 2.74. The number of amides is 1. The van der Waals surface area contributed by atoms with E-state index in [1.54, 1.807) is 20.8 Å². The number of piperazine rings is 1. The number of carbonyl (C=O) groups excluding carboxylic acids is 3. The molecule has 0 radical (unpaired) electrons. The average molecular weight is 298 g/mol. The molecule has 0 unspecified atom stereocenters. The Bertz CT molecular complexity index is 457. The second kappa shape index (κ2) is 5.63. The van der Waals surface area contributed by atoms with Crippen LogP contribution in [-0.4, -0.2) is 72.1 Å². The minimum absolute atomic E-state index is 0.0362. The number of ether oxygens (including phenoxy) is 2. The quantitative estimate of drug-likeness (QED) is 0.653. The van der Waals surface area contributed by atoms with Crippen LogP contribution in [0.25, 0.3) is 0 Å². The van der Waals surface area contributed by atoms with Crippen molar-refractivity contribution in [2.75, 3.05) is 26.7 Å². The van der Waals surface area contributed by atoms with Gasteiger partial charge in [-0.05, 0) is 20.8 Å². The highest BCUT2D eigenvalue weighted by molar-refractivity contribution is 5.85. The lowest BCUT2D eigenvalue weighted by atomic mass is 10.1. The van der Waals surface area contributed by atoms with Gasteiger partial charge in [-0.15, -0.1) is 0 Å². The van der Waals surface area contributed by atoms with Crippen molar-refractivity contribution >= 4 is 17.8 Å². The number of fused-ring (bicyclic) bond motifs is 1. The highest BCUT2D eigenvalue weighted by atomic mass is 16.6. The van der Waals surface area contributed by atoms with Gasteiger partial charge < -0.3 is 9.47 Å². The van der Waals surface area contributed by atoms with Crippen molar-refractivity contribution in [2.24, 2.45) is 0 Å². The fraction of sp³-hybridized carbons (Fsp3) is 0.786. The molecule has 2 saturated heterocycles. The zero-order chi connectivity index (χ0) is 15.8. The van der Waals surface area contributed by atoms with Crippen LogP contribution in [0.15, 0.2) is 0 Å². The lowest BCUT2D eigenvalue weighted by Crippen LogP contribution is -2.61. The number of carbonyl (C=O) groups is 3. The van der Waals surface area contributed by atoms with Crippen molar-refractivity contribution in [2.45, 2.75) is 44.9 Å². The van der Waals surface area contributed by atoms with Crippen molar-refractivity contribution in [3.63, 3.8) is 0 Å². The molecule has 2 rings (SSSR count). The minimum atomic E-state index is -0.730. The molecule has 0 aromatic heterocycles. The van der Waals surface area contributed by atoms with Crippen molar-refractivity contribution < 1.29 is 23.9 Å². The second-order valence-corrected chi connectivity index (χ2v) is 6.50. The Labute approximate surface area is 124 Å². The van der Waals surface area contributed by atoms with Crippen LogP contribution in [0.3, 0.4) is 0 Å². The molecule has 118 valence electrons. The second-order valence-electron chi connectivity index (χ2n) is 6.50. The Morgan fingerprint density at radius 1 is 1.24 bits per heavy atom. The molecule has 2 atom stereocenters. The van der Waals surface area contributed by atoms with E-state index in [9.17, 15) is 14.4 Å². The molecule has 7 nitrogen and oxygen atoms in total. The number of hydrogen-bond acceptors (Lipinski definition) is 6. The number of hydrogen-bond donors (Lipinski definition) is 0. The maximum absolute atomic E-state index is 12.3. The molecule has 0 bridgehead atoms. The number of rotatable bonds is 1. The van der Waals surface area contributed by atoms with Gasteiger partial charge in [0.05, 0.1) is 13.7 Å². The molecule has 0 spiro atoms. The topological polar surface area (TPSA) is 76.2 Å². The van der Waals surface area contributed by atoms with Gasteiger partial charge in [0.15, 0.2) is 0 Å². The molecular weight excluding hydrogens is 276 g/mol. The Kier molecular flexibility index (Phi) is 4.22. The lowest BCUT2D eigenvalue weighted by Gasteiger charge is -2.41. The van der Waals surface area contributed by atoms with Crippen molar-refractivity contribution in [1.82, 2.24) is 9.80 Å². The van der Waals surface area contributed by atoms with Gasteiger partial charge in [0.2, 0.25) is 0 Å². The third-order valence-electron chi connectivity index (χ3n) is 3.65. The van der Waals surface area contributed by atoms with Gasteiger partial charge in [-0.25, -0.2) is 9.59 Å². The van der Waals surface area contributed by atoms with E-state index in [4.69, 9.17) is 9.47 Å². The van der Waals surface area contributed by atoms with E-state index in [-0.39, 0.29) is 11.8 Å². The van der Waals surface area contributed by atoms with E-state index in [1.807, 2.05) is 4.90 Å². The van der Waals surface area contributed by atoms with Gasteiger partial charge in [0.1, 0.15) is 17.4 Å². The molecule has 0 N–H and O–H groups in total. The van der Waals surface area contributed by atoms with Crippen molar-refractivity contribution in [3.05, 3.63) is 0 Å². The van der Waals surface area contributed by atoms with E-state index in [0.29, 0.717) is 26.1 Å². The first-order valence-electron chi connectivity index (χ1n) is 7.04. The van der Waals surface area contributed by atoms with Crippen LogP contribution in [0.4, 0.5) is 4.79 Å². The van der Waals surface area contributed by atoms with E-state index in [1.165, 1.54) is 12.0 Å². The SMILES string of the molecule is COC(=O)[C@@H]1CN2CC(=O)C[C@@H]2CN1C(=O)OC(C)(C)C. The van der Waals surface area contributed by atoms with Crippen LogP contribution < -0.4 is 0 Å². The summed E-state index contributed by atoms with van der Waals surface area (Å²) in [6.45, 7) is 6.26. The zero-order valence-electron chi connectivity index (χ0n) is 12.9. The van der Waals surface area contributed by atoms with E-state index < -0.39 is 23.7 Å². The van der Waals surface area contributed by atoms with Crippen molar-refractivity contribution in [3.8, 4) is 0 Å². The summed E-state index contributed by atoms with van der Waals surface area (Å²) in [7, 11) is 1.29. The number of methoxy groups -OCH3 is 1. The predicted molar refractivity (Wildman–Crippen MR) is 73.7 cm³/mol. The highest BCUT2D eigenvalue weighted by Crippen LogP contribution is 2.25. The average Bonchev–Trinajstić information content (AvgIpc) is 2.73. The summed E-state index contributed by atoms with van der Waals surface area (Å²) in [5, 5.41) is 0. The smallest absolute Gasteiger partial charge is 0.411 e. The fourth-order valence-corrected chi connectivity index (χ4v) is 2.74. The number of esters is 1. The minimum Gasteiger partial charge on any atom is -0.467 e. The van der Waals surface area contributed by atoms with Gasteiger partial charge in [-0.2, -0.15) is 0 Å². The largest absolute Gasteiger partial charge is 0.467 e. The first kappa shape index (κ1) is 15.8. The van der Waals surface area contributed by atoms with Gasteiger partial charge in [-0.1, -0.05) is 0 Å². The van der Waals surface area contributed by atoms with Crippen LogP contribution in [0, 0.1) is 0 Å². The molecule has 0 aliphatic carbocycles. The third kappa shape index (κ3) is 3.53. The molecule has 21 heavy (non-hydrogen) atoms. The van der Waals surface area contributed by atoms with E-state index in [0.717, 1.165) is 0 Å². The molecule has 0 aromatic carbocycles. The maximum Gasteiger partial charge on any atom is 0.411 e. The summed E-state index contributed by atoms with van der Waals surface area (Å²) in [5.74, 6) is -0.353. The molecule has 0 aromatic rings. The predicted octanol–water partition coefficient (Wildman–Crippen LogP) is 0.422. The first-order chi connectivity index (χ1) is 9.71. The first-order valence-corrected chi connectivity index (χ1v) is 7.04. The Morgan fingerprint density at radius 3 is 2.48 bits per heavy atom. The third-order valence-corrected chi connectivity index (χ3v) is 3.65. The summed E-state index contributed by atoms with van der Waals surface area (Å²) in [5.41, 5.74) is -0.639. The van der Waals surface area contributed by atoms with Crippen LogP contribution in [0.1, 0.15) is 27.2 Å². The molecule has 2 aliphatic heterocycles. The molecule has 2 fully saturated rings. The van der Waals surface area contributed by atoms with Gasteiger partial charge in [0.25, 0.3) is 0 Å². The van der Waals surface area contributed by atoms with Gasteiger partial charge >= 0.3 is 12.1 Å². The van der Waals surface area contributed by atoms with Gasteiger partial charge in [-0.3, -0.25) is 14.6 Å². The normalized spacial score (nSPS) is 26.5. The van der Waals surface area contributed by atoms with Crippen LogP contribution in [0.5, 0.6) is 0 Å². The summed E-state index contributed by atoms with van der Waals surface area (Å²) >= 11 is 0. The maximum atomic E-state index is 12.3. The van der Waals surface area contributed by atoms with Crippen molar-refractivity contribution in [1.29, 1.82) is 0 Å². The molecule has 0 saturated carbocycles. The summed E-state index contributed by atoms with van der Waals surface area (Å²) in [4.78, 5) is 39.1. The summed E-state index contributed by atoms with van der Waals surface area (Å²) in [6.07, 6.45) is -0.135. The Hall–Kier alpha value is -1.63. The number of ketones is 1. The van der Waals surface area contributed by atoms with E-state index in [2.05, 4.69) is 0 Å². The molecule has 2 heterocycles. The Morgan fingerprint density at radius 2 is 1.90 bits per heavy atom. The number of Topliss-reactive ketones (excluding diaryl/α,β-unsaturated/α-hetero) is 1. The van der Waals surface area contributed by atoms with Crippen LogP contribution in [-0.2, 0) is 19.1 Å². The lowest BCUT2D eigenvalue weighted by molar-refractivity contribution is -0.150.